The zero-order valence-electron chi connectivity index (χ0n) is 36.9. The quantitative estimate of drug-likeness (QED) is 0.0172. The van der Waals surface area contributed by atoms with E-state index in [9.17, 15) is 45.5 Å². The van der Waals surface area contributed by atoms with Crippen LogP contribution in [0.15, 0.2) is 36.7 Å². The number of ketones is 4. The predicted molar refractivity (Wildman–Crippen MR) is 234 cm³/mol. The van der Waals surface area contributed by atoms with Crippen LogP contribution in [-0.2, 0) is 47.6 Å². The van der Waals surface area contributed by atoms with Crippen molar-refractivity contribution in [1.82, 2.24) is 20.6 Å². The molecule has 2 aromatic carbocycles. The van der Waals surface area contributed by atoms with Crippen LogP contribution in [0.3, 0.4) is 0 Å². The van der Waals surface area contributed by atoms with Gasteiger partial charge < -0.3 is 31.3 Å². The number of rotatable bonds is 26. The van der Waals surface area contributed by atoms with Gasteiger partial charge in [-0.25, -0.2) is 9.97 Å². The van der Waals surface area contributed by atoms with Gasteiger partial charge in [-0.2, -0.15) is 26.3 Å². The van der Waals surface area contributed by atoms with Gasteiger partial charge in [0.25, 0.3) is 0 Å². The number of hydrogen-bond acceptors (Lipinski definition) is 12. The Bertz CT molecular complexity index is 2090. The van der Waals surface area contributed by atoms with Crippen molar-refractivity contribution in [2.45, 2.75) is 134 Å². The molecule has 3 heterocycles. The van der Waals surface area contributed by atoms with Crippen molar-refractivity contribution in [2.75, 3.05) is 26.2 Å². The monoisotopic (exact) mass is 929 g/mol. The van der Waals surface area contributed by atoms with E-state index in [1.807, 2.05) is 0 Å². The fraction of sp³-hybridized carbons (Fsp3) is 0.532. The van der Waals surface area contributed by atoms with Crippen molar-refractivity contribution in [1.29, 1.82) is 10.8 Å². The Labute approximate surface area is 379 Å². The molecule has 0 amide bonds. The number of carbonyl (C=O) groups excluding carboxylic acids is 4. The predicted octanol–water partition coefficient (Wildman–Crippen LogP) is 7.95. The minimum Gasteiger partial charge on any atom is -0.488 e. The van der Waals surface area contributed by atoms with Crippen LogP contribution in [0.25, 0.3) is 0 Å². The first kappa shape index (κ1) is 51.4. The summed E-state index contributed by atoms with van der Waals surface area (Å²) in [6.07, 6.45) is -6.34. The molecule has 5 rings (SSSR count). The van der Waals surface area contributed by atoms with Gasteiger partial charge in [0, 0.05) is 86.0 Å². The number of carbonyl (C=O) groups is 4. The molecule has 19 heteroatoms. The van der Waals surface area contributed by atoms with Gasteiger partial charge in [-0.15, -0.1) is 0 Å². The highest BCUT2D eigenvalue weighted by atomic mass is 19.4. The van der Waals surface area contributed by atoms with E-state index >= 15 is 0 Å². The number of benzene rings is 2. The van der Waals surface area contributed by atoms with Crippen molar-refractivity contribution in [3.05, 3.63) is 81.4 Å². The Kier molecular flexibility index (Phi) is 18.5. The average molecular weight is 930 g/mol. The number of nitrogens with zero attached hydrogens (tertiary/aromatic N) is 2. The van der Waals surface area contributed by atoms with Gasteiger partial charge in [0.15, 0.2) is 11.6 Å². The average Bonchev–Trinajstić information content (AvgIpc) is 3.97. The summed E-state index contributed by atoms with van der Waals surface area (Å²) in [6.45, 7) is 3.59. The number of amidine groups is 1. The van der Waals surface area contributed by atoms with Crippen LogP contribution in [0.1, 0.15) is 138 Å². The number of ether oxygens (including phenoxy) is 2. The van der Waals surface area contributed by atoms with Crippen LogP contribution in [0, 0.1) is 10.8 Å². The van der Waals surface area contributed by atoms with Crippen molar-refractivity contribution in [2.24, 2.45) is 5.73 Å². The first-order valence-corrected chi connectivity index (χ1v) is 22.3. The van der Waals surface area contributed by atoms with E-state index in [1.165, 1.54) is 0 Å². The maximum Gasteiger partial charge on any atom is 0.416 e. The zero-order valence-corrected chi connectivity index (χ0v) is 36.9. The SMILES string of the molecule is CC(=N)CCCCCC(=O)Cc1cc(C(F)(F)F)cc(CC(=O)c2cc(C(=O)Cc3cc(C(F)(F)F)cc(CC(=O)CCCCCC(=N)N)c3O[C@@H]3CCNC3)ncn2)c1O[C@@H]1CCNC1. The Morgan fingerprint density at radius 3 is 1.38 bits per heavy atom. The number of unbranched alkanes of at least 4 members (excludes halogenated alkanes) is 4. The summed E-state index contributed by atoms with van der Waals surface area (Å²) in [5, 5.41) is 21.2. The summed E-state index contributed by atoms with van der Waals surface area (Å²) >= 11 is 0. The fourth-order valence-corrected chi connectivity index (χ4v) is 7.95. The maximum atomic E-state index is 14.4. The minimum atomic E-state index is -4.86. The molecule has 0 aliphatic carbocycles. The van der Waals surface area contributed by atoms with E-state index < -0.39 is 66.5 Å². The Morgan fingerprint density at radius 1 is 0.621 bits per heavy atom. The van der Waals surface area contributed by atoms with E-state index in [2.05, 4.69) is 20.6 Å². The van der Waals surface area contributed by atoms with Crippen molar-refractivity contribution in [3.63, 3.8) is 0 Å². The first-order valence-electron chi connectivity index (χ1n) is 22.3. The Balaban J connectivity index is 1.42. The molecule has 66 heavy (non-hydrogen) atoms. The molecule has 13 nitrogen and oxygen atoms in total. The second-order valence-electron chi connectivity index (χ2n) is 17.1. The van der Waals surface area contributed by atoms with Crippen LogP contribution in [0.5, 0.6) is 11.5 Å². The summed E-state index contributed by atoms with van der Waals surface area (Å²) < 4.78 is 98.7. The molecule has 6 N–H and O–H groups in total. The molecular weight excluding hydrogens is 873 g/mol. The molecule has 2 aliphatic rings. The Morgan fingerprint density at radius 2 is 1.02 bits per heavy atom. The molecule has 2 saturated heterocycles. The molecule has 2 atom stereocenters. The summed E-state index contributed by atoms with van der Waals surface area (Å²) in [5.74, 6) is -2.37. The lowest BCUT2D eigenvalue weighted by Gasteiger charge is -2.22. The van der Waals surface area contributed by atoms with Gasteiger partial charge in [-0.1, -0.05) is 12.8 Å². The summed E-state index contributed by atoms with van der Waals surface area (Å²) in [4.78, 5) is 62.2. The van der Waals surface area contributed by atoms with Crippen molar-refractivity contribution >= 4 is 34.7 Å². The molecule has 2 fully saturated rings. The van der Waals surface area contributed by atoms with Gasteiger partial charge in [-0.3, -0.25) is 24.6 Å². The van der Waals surface area contributed by atoms with E-state index in [-0.39, 0.29) is 81.8 Å². The summed E-state index contributed by atoms with van der Waals surface area (Å²) in [5.41, 5.74) is 2.61. The topological polar surface area (TPSA) is 210 Å². The Hall–Kier alpha value is -5.56. The maximum absolute atomic E-state index is 14.4. The minimum absolute atomic E-state index is 0.0141. The van der Waals surface area contributed by atoms with Crippen LogP contribution < -0.4 is 25.8 Å². The third-order valence-corrected chi connectivity index (χ3v) is 11.4. The number of Topliss-reactive ketones (excluding diaryl/α,β-unsaturated/α-hetero) is 4. The number of hydrogen-bond donors (Lipinski definition) is 5. The summed E-state index contributed by atoms with van der Waals surface area (Å²) in [6, 6.07) is 4.31. The van der Waals surface area contributed by atoms with Crippen molar-refractivity contribution in [3.8, 4) is 11.5 Å². The highest BCUT2D eigenvalue weighted by molar-refractivity contribution is 6.01. The zero-order chi connectivity index (χ0) is 48.0. The van der Waals surface area contributed by atoms with Crippen LogP contribution in [0.2, 0.25) is 0 Å². The van der Waals surface area contributed by atoms with Gasteiger partial charge in [-0.05, 0) is 95.3 Å². The largest absolute Gasteiger partial charge is 0.488 e. The van der Waals surface area contributed by atoms with Gasteiger partial charge in [0.05, 0.1) is 17.0 Å². The van der Waals surface area contributed by atoms with E-state index in [0.717, 1.165) is 36.7 Å². The van der Waals surface area contributed by atoms with Crippen LogP contribution >= 0.6 is 0 Å². The smallest absolute Gasteiger partial charge is 0.416 e. The molecule has 1 aromatic heterocycles. The highest BCUT2D eigenvalue weighted by Gasteiger charge is 2.36. The second-order valence-corrected chi connectivity index (χ2v) is 17.1. The summed E-state index contributed by atoms with van der Waals surface area (Å²) in [7, 11) is 0. The third-order valence-electron chi connectivity index (χ3n) is 11.4. The second kappa shape index (κ2) is 23.8. The number of nitrogens with two attached hydrogens (primary N) is 1. The number of alkyl halides is 6. The molecule has 3 aromatic rings. The normalized spacial score (nSPS) is 16.3. The molecule has 2 aliphatic heterocycles. The molecule has 358 valence electrons. The van der Waals surface area contributed by atoms with E-state index in [0.29, 0.717) is 96.1 Å². The fourth-order valence-electron chi connectivity index (χ4n) is 7.95. The molecule has 0 radical (unpaired) electrons. The lowest BCUT2D eigenvalue weighted by atomic mass is 9.94. The van der Waals surface area contributed by atoms with E-state index in [4.69, 9.17) is 26.0 Å². The lowest BCUT2D eigenvalue weighted by Crippen LogP contribution is -2.23. The number of aromatic nitrogens is 2. The standard InChI is InChI=1S/C47H57F6N7O6/c1-28(54)8-4-2-5-9-35(61)20-29-16-33(46(48,49)50)18-31(44(29)65-37-12-14-57-25-37)22-41(63)39-24-40(60-27-59-39)42(64)23-32-19-34(47(51,52)53)17-30(45(32)66-38-13-15-58-26-38)21-36(62)10-6-3-7-11-43(55)56/h16-19,24,27,37-38,54,57-58H,2-15,20-23,25-26H2,1H3,(H3,55,56)/t37-,38-/m1/s1. The molecule has 0 saturated carbocycles. The first-order chi connectivity index (χ1) is 31.3. The highest BCUT2D eigenvalue weighted by Crippen LogP contribution is 2.39. The van der Waals surface area contributed by atoms with Gasteiger partial charge in [0.1, 0.15) is 53.0 Å². The number of nitrogens with one attached hydrogen (secondary N) is 4. The van der Waals surface area contributed by atoms with Crippen LogP contribution in [-0.4, -0.2) is 83.0 Å². The lowest BCUT2D eigenvalue weighted by molar-refractivity contribution is -0.138. The molecule has 0 bridgehead atoms. The third kappa shape index (κ3) is 15.8. The molecule has 0 unspecified atom stereocenters. The van der Waals surface area contributed by atoms with Gasteiger partial charge >= 0.3 is 12.4 Å². The molecule has 0 spiro atoms. The van der Waals surface area contributed by atoms with Crippen molar-refractivity contribution < 1.29 is 55.0 Å². The van der Waals surface area contributed by atoms with Crippen LogP contribution in [0.4, 0.5) is 26.3 Å². The number of halogens is 6. The van der Waals surface area contributed by atoms with Gasteiger partial charge in [0.2, 0.25) is 0 Å². The molecular formula is C47H57F6N7O6. The van der Waals surface area contributed by atoms with E-state index in [1.54, 1.807) is 6.92 Å².